The number of hydrogen-bond acceptors (Lipinski definition) is 5. The topological polar surface area (TPSA) is 81.8 Å². The van der Waals surface area contributed by atoms with Gasteiger partial charge >= 0.3 is 5.69 Å². The van der Waals surface area contributed by atoms with E-state index in [2.05, 4.69) is 0 Å². The van der Waals surface area contributed by atoms with Crippen molar-refractivity contribution in [3.05, 3.63) is 26.8 Å². The van der Waals surface area contributed by atoms with Gasteiger partial charge in [-0.3, -0.25) is 10.1 Å². The summed E-state index contributed by atoms with van der Waals surface area (Å²) in [5.74, 6) is 0.979. The van der Waals surface area contributed by atoms with Crippen LogP contribution in [-0.4, -0.2) is 29.9 Å². The minimum absolute atomic E-state index is 0.0000505. The van der Waals surface area contributed by atoms with Crippen molar-refractivity contribution in [2.75, 3.05) is 19.8 Å². The standard InChI is InChI=1S/C12H13NO5/c14-4-1-7-8-2-5-18-12(8)10(13(15)16)9-3-6-17-11(7)9/h14H,1-6H2. The molecule has 0 amide bonds. The van der Waals surface area contributed by atoms with E-state index in [9.17, 15) is 10.1 Å². The minimum Gasteiger partial charge on any atom is -0.492 e. The summed E-state index contributed by atoms with van der Waals surface area (Å²) >= 11 is 0. The van der Waals surface area contributed by atoms with Crippen molar-refractivity contribution in [3.8, 4) is 11.5 Å². The minimum atomic E-state index is -0.388. The highest BCUT2D eigenvalue weighted by Gasteiger charge is 2.36. The van der Waals surface area contributed by atoms with Crippen LogP contribution in [0.4, 0.5) is 5.69 Å². The first-order valence-corrected chi connectivity index (χ1v) is 5.95. The molecular formula is C12H13NO5. The van der Waals surface area contributed by atoms with Crippen molar-refractivity contribution in [3.63, 3.8) is 0 Å². The Morgan fingerprint density at radius 3 is 2.50 bits per heavy atom. The third-order valence-electron chi connectivity index (χ3n) is 3.43. The molecule has 0 aliphatic carbocycles. The maximum atomic E-state index is 11.2. The zero-order valence-corrected chi connectivity index (χ0v) is 9.77. The molecule has 6 nitrogen and oxygen atoms in total. The number of fused-ring (bicyclic) bond motifs is 2. The third kappa shape index (κ3) is 1.45. The van der Waals surface area contributed by atoms with E-state index >= 15 is 0 Å². The van der Waals surface area contributed by atoms with Crippen molar-refractivity contribution in [1.82, 2.24) is 0 Å². The molecule has 2 heterocycles. The van der Waals surface area contributed by atoms with Crippen LogP contribution < -0.4 is 9.47 Å². The highest BCUT2D eigenvalue weighted by Crippen LogP contribution is 2.48. The molecule has 6 heteroatoms. The zero-order chi connectivity index (χ0) is 12.7. The normalized spacial score (nSPS) is 15.8. The van der Waals surface area contributed by atoms with E-state index in [0.717, 1.165) is 11.1 Å². The molecule has 0 saturated heterocycles. The van der Waals surface area contributed by atoms with E-state index in [4.69, 9.17) is 14.6 Å². The molecule has 18 heavy (non-hydrogen) atoms. The molecule has 0 spiro atoms. The van der Waals surface area contributed by atoms with E-state index in [-0.39, 0.29) is 17.2 Å². The molecule has 1 aromatic carbocycles. The van der Waals surface area contributed by atoms with Crippen LogP contribution in [0.5, 0.6) is 11.5 Å². The number of hydrogen-bond donors (Lipinski definition) is 1. The first-order chi connectivity index (χ1) is 8.74. The van der Waals surface area contributed by atoms with Gasteiger partial charge in [0.15, 0.2) is 0 Å². The molecule has 0 atom stereocenters. The molecule has 2 aliphatic rings. The van der Waals surface area contributed by atoms with Crippen molar-refractivity contribution >= 4 is 5.69 Å². The van der Waals surface area contributed by atoms with Crippen LogP contribution in [0.1, 0.15) is 16.7 Å². The van der Waals surface area contributed by atoms with Gasteiger partial charge in [0.25, 0.3) is 0 Å². The Bertz CT molecular complexity index is 491. The lowest BCUT2D eigenvalue weighted by atomic mass is 9.96. The fourth-order valence-corrected chi connectivity index (χ4v) is 2.75. The predicted octanol–water partition coefficient (Wildman–Crippen LogP) is 0.999. The third-order valence-corrected chi connectivity index (χ3v) is 3.43. The van der Waals surface area contributed by atoms with Gasteiger partial charge in [-0.2, -0.15) is 0 Å². The fraction of sp³-hybridized carbons (Fsp3) is 0.500. The van der Waals surface area contributed by atoms with Gasteiger partial charge in [-0.15, -0.1) is 0 Å². The average molecular weight is 251 g/mol. The number of nitro groups is 1. The Balaban J connectivity index is 2.28. The smallest absolute Gasteiger partial charge is 0.318 e. The van der Waals surface area contributed by atoms with Crippen LogP contribution in [0.3, 0.4) is 0 Å². The first-order valence-electron chi connectivity index (χ1n) is 5.95. The van der Waals surface area contributed by atoms with Gasteiger partial charge in [-0.05, 0) is 6.42 Å². The van der Waals surface area contributed by atoms with Gasteiger partial charge in [0, 0.05) is 30.6 Å². The van der Waals surface area contributed by atoms with Crippen LogP contribution in [0.25, 0.3) is 0 Å². The van der Waals surface area contributed by atoms with Gasteiger partial charge in [-0.25, -0.2) is 0 Å². The number of benzene rings is 1. The molecule has 0 radical (unpaired) electrons. The van der Waals surface area contributed by atoms with Gasteiger partial charge in [0.1, 0.15) is 5.75 Å². The van der Waals surface area contributed by atoms with Gasteiger partial charge < -0.3 is 14.6 Å². The fourth-order valence-electron chi connectivity index (χ4n) is 2.75. The quantitative estimate of drug-likeness (QED) is 0.640. The molecule has 1 N–H and O–H groups in total. The summed E-state index contributed by atoms with van der Waals surface area (Å²) in [6, 6.07) is 0. The predicted molar refractivity (Wildman–Crippen MR) is 62.3 cm³/mol. The maximum absolute atomic E-state index is 11.2. The van der Waals surface area contributed by atoms with Crippen molar-refractivity contribution < 1.29 is 19.5 Å². The maximum Gasteiger partial charge on any atom is 0.318 e. The first kappa shape index (κ1) is 11.3. The van der Waals surface area contributed by atoms with Crippen LogP contribution in [0.2, 0.25) is 0 Å². The monoisotopic (exact) mass is 251 g/mol. The van der Waals surface area contributed by atoms with E-state index in [0.29, 0.717) is 49.5 Å². The molecule has 0 fully saturated rings. The number of aliphatic hydroxyl groups excluding tert-OH is 1. The molecule has 0 bridgehead atoms. The summed E-state index contributed by atoms with van der Waals surface area (Å²) in [5, 5.41) is 20.3. The SMILES string of the molecule is O=[N+]([O-])c1c2c(c(CCO)c3c1OCC3)OCC2. The number of ether oxygens (including phenoxy) is 2. The van der Waals surface area contributed by atoms with E-state index in [1.807, 2.05) is 0 Å². The molecule has 1 aromatic rings. The van der Waals surface area contributed by atoms with Gasteiger partial charge in [-0.1, -0.05) is 0 Å². The molecule has 3 rings (SSSR count). The largest absolute Gasteiger partial charge is 0.492 e. The molecular weight excluding hydrogens is 238 g/mol. The summed E-state index contributed by atoms with van der Waals surface area (Å²) in [5.41, 5.74) is 2.38. The summed E-state index contributed by atoms with van der Waals surface area (Å²) < 4.78 is 11.0. The van der Waals surface area contributed by atoms with E-state index < -0.39 is 0 Å². The van der Waals surface area contributed by atoms with Crippen LogP contribution in [0.15, 0.2) is 0 Å². The van der Waals surface area contributed by atoms with Crippen LogP contribution >= 0.6 is 0 Å². The molecule has 0 aromatic heterocycles. The molecule has 96 valence electrons. The second kappa shape index (κ2) is 4.13. The Kier molecular flexibility index (Phi) is 2.59. The number of rotatable bonds is 3. The Labute approximate surface area is 103 Å². The van der Waals surface area contributed by atoms with Crippen molar-refractivity contribution in [2.24, 2.45) is 0 Å². The van der Waals surface area contributed by atoms with Crippen molar-refractivity contribution in [1.29, 1.82) is 0 Å². The lowest BCUT2D eigenvalue weighted by Crippen LogP contribution is -2.02. The second-order valence-corrected chi connectivity index (χ2v) is 4.37. The van der Waals surface area contributed by atoms with Crippen LogP contribution in [0, 0.1) is 10.1 Å². The summed E-state index contributed by atoms with van der Waals surface area (Å²) in [6.07, 6.45) is 1.62. The Morgan fingerprint density at radius 2 is 1.83 bits per heavy atom. The highest BCUT2D eigenvalue weighted by atomic mass is 16.6. The summed E-state index contributed by atoms with van der Waals surface area (Å²) in [6.45, 7) is 0.912. The molecule has 0 unspecified atom stereocenters. The zero-order valence-electron chi connectivity index (χ0n) is 9.77. The van der Waals surface area contributed by atoms with Crippen molar-refractivity contribution in [2.45, 2.75) is 19.3 Å². The lowest BCUT2D eigenvalue weighted by molar-refractivity contribution is -0.386. The van der Waals surface area contributed by atoms with Gasteiger partial charge in [0.2, 0.25) is 5.75 Å². The van der Waals surface area contributed by atoms with E-state index in [1.54, 1.807) is 0 Å². The second-order valence-electron chi connectivity index (χ2n) is 4.37. The van der Waals surface area contributed by atoms with E-state index in [1.165, 1.54) is 0 Å². The summed E-state index contributed by atoms with van der Waals surface area (Å²) in [7, 11) is 0. The average Bonchev–Trinajstić information content (AvgIpc) is 2.96. The molecule has 0 saturated carbocycles. The molecule has 2 aliphatic heterocycles. The van der Waals surface area contributed by atoms with Gasteiger partial charge in [0.05, 0.1) is 23.7 Å². The number of nitrogens with zero attached hydrogens (tertiary/aromatic N) is 1. The summed E-state index contributed by atoms with van der Waals surface area (Å²) in [4.78, 5) is 10.8. The Hall–Kier alpha value is -1.82. The Morgan fingerprint density at radius 1 is 1.17 bits per heavy atom. The van der Waals surface area contributed by atoms with Crippen LogP contribution in [-0.2, 0) is 19.3 Å². The highest BCUT2D eigenvalue weighted by molar-refractivity contribution is 5.69. The number of nitro benzene ring substituents is 1. The lowest BCUT2D eigenvalue weighted by Gasteiger charge is -2.12. The number of aliphatic hydroxyl groups is 1.